The summed E-state index contributed by atoms with van der Waals surface area (Å²) in [6, 6.07) is -1.45. The number of esters is 1. The topological polar surface area (TPSA) is 114 Å². The Morgan fingerprint density at radius 2 is 1.94 bits per heavy atom. The molecule has 3 aliphatic rings. The molecule has 1 aliphatic carbocycles. The standard InChI is InChI=1S/C25H39N3O6/c1-5-33-22(31)25-16-17(25)12-9-7-6-8-10-13-18(26-23(32)34-24(2,3)4)21(30)28-15-11-14-19(28)20(29)27-25/h9,12,17-19H,5-8,10-11,13-16H2,1-4H3,(H,26,32)(H,27,29)/b12-9+/t17-,18+,19+,25-/m1/s1. The van der Waals surface area contributed by atoms with Gasteiger partial charge in [-0.25, -0.2) is 9.59 Å². The van der Waals surface area contributed by atoms with E-state index in [1.807, 2.05) is 6.08 Å². The average Bonchev–Trinajstić information content (AvgIpc) is 3.21. The lowest BCUT2D eigenvalue weighted by Gasteiger charge is -2.30. The molecule has 0 unspecified atom stereocenters. The number of nitrogens with one attached hydrogen (secondary N) is 2. The van der Waals surface area contributed by atoms with E-state index in [4.69, 9.17) is 9.47 Å². The third kappa shape index (κ3) is 6.30. The maximum absolute atomic E-state index is 13.5. The summed E-state index contributed by atoms with van der Waals surface area (Å²) >= 11 is 0. The summed E-state index contributed by atoms with van der Waals surface area (Å²) in [4.78, 5) is 53.5. The number of rotatable bonds is 3. The first-order valence-corrected chi connectivity index (χ1v) is 12.5. The van der Waals surface area contributed by atoms with Crippen LogP contribution in [-0.2, 0) is 23.9 Å². The van der Waals surface area contributed by atoms with Crippen molar-refractivity contribution in [2.75, 3.05) is 13.2 Å². The number of amides is 3. The van der Waals surface area contributed by atoms with E-state index in [1.54, 1.807) is 32.6 Å². The summed E-state index contributed by atoms with van der Waals surface area (Å²) < 4.78 is 10.6. The molecule has 0 radical (unpaired) electrons. The second-order valence-corrected chi connectivity index (χ2v) is 10.4. The summed E-state index contributed by atoms with van der Waals surface area (Å²) in [6.07, 6.45) is 9.02. The third-order valence-electron chi connectivity index (χ3n) is 6.56. The van der Waals surface area contributed by atoms with Crippen LogP contribution >= 0.6 is 0 Å². The Bertz CT molecular complexity index is 820. The molecule has 2 heterocycles. The average molecular weight is 478 g/mol. The van der Waals surface area contributed by atoms with Crippen LogP contribution in [0, 0.1) is 5.92 Å². The van der Waals surface area contributed by atoms with Gasteiger partial charge in [0.1, 0.15) is 23.2 Å². The number of allylic oxidation sites excluding steroid dienone is 1. The summed E-state index contributed by atoms with van der Waals surface area (Å²) in [7, 11) is 0. The number of ether oxygens (including phenoxy) is 2. The highest BCUT2D eigenvalue weighted by atomic mass is 16.6. The highest BCUT2D eigenvalue weighted by Crippen LogP contribution is 2.46. The van der Waals surface area contributed by atoms with Crippen molar-refractivity contribution in [3.05, 3.63) is 12.2 Å². The van der Waals surface area contributed by atoms with Gasteiger partial charge in [0.05, 0.1) is 6.61 Å². The van der Waals surface area contributed by atoms with E-state index in [0.717, 1.165) is 25.7 Å². The van der Waals surface area contributed by atoms with E-state index in [1.165, 1.54) is 0 Å². The molecule has 0 bridgehead atoms. The summed E-state index contributed by atoms with van der Waals surface area (Å²) in [5, 5.41) is 5.66. The number of carbonyl (C=O) groups is 4. The predicted molar refractivity (Wildman–Crippen MR) is 126 cm³/mol. The summed E-state index contributed by atoms with van der Waals surface area (Å²) in [5.41, 5.74) is -1.74. The molecule has 34 heavy (non-hydrogen) atoms. The molecule has 4 atom stereocenters. The molecule has 2 fully saturated rings. The van der Waals surface area contributed by atoms with Gasteiger partial charge in [0, 0.05) is 12.5 Å². The molecule has 0 aromatic rings. The van der Waals surface area contributed by atoms with Gasteiger partial charge >= 0.3 is 12.1 Å². The Morgan fingerprint density at radius 1 is 1.18 bits per heavy atom. The van der Waals surface area contributed by atoms with E-state index in [9.17, 15) is 19.2 Å². The Balaban J connectivity index is 1.81. The van der Waals surface area contributed by atoms with E-state index in [-0.39, 0.29) is 24.3 Å². The molecule has 3 rings (SSSR count). The first-order chi connectivity index (χ1) is 16.1. The number of hydrogen-bond donors (Lipinski definition) is 2. The Morgan fingerprint density at radius 3 is 2.65 bits per heavy atom. The van der Waals surface area contributed by atoms with Crippen LogP contribution in [-0.4, -0.2) is 65.2 Å². The van der Waals surface area contributed by atoms with E-state index in [0.29, 0.717) is 32.2 Å². The minimum atomic E-state index is -1.06. The van der Waals surface area contributed by atoms with E-state index >= 15 is 0 Å². The minimum Gasteiger partial charge on any atom is -0.464 e. The lowest BCUT2D eigenvalue weighted by Crippen LogP contribution is -2.56. The molecule has 3 amide bonds. The largest absolute Gasteiger partial charge is 0.464 e. The van der Waals surface area contributed by atoms with Gasteiger partial charge in [-0.2, -0.15) is 0 Å². The van der Waals surface area contributed by atoms with Crippen molar-refractivity contribution in [1.29, 1.82) is 0 Å². The molecule has 9 heteroatoms. The molecule has 0 aromatic carbocycles. The molecule has 190 valence electrons. The lowest BCUT2D eigenvalue weighted by atomic mass is 10.0. The second-order valence-electron chi connectivity index (χ2n) is 10.4. The lowest BCUT2D eigenvalue weighted by molar-refractivity contribution is -0.150. The number of carbonyl (C=O) groups excluding carboxylic acids is 4. The van der Waals surface area contributed by atoms with Crippen LogP contribution in [0.25, 0.3) is 0 Å². The number of hydrogen-bond acceptors (Lipinski definition) is 6. The van der Waals surface area contributed by atoms with Crippen LogP contribution in [0.1, 0.15) is 79.1 Å². The zero-order valence-corrected chi connectivity index (χ0v) is 20.9. The SMILES string of the molecule is CCOC(=O)[C@@]12C[C@H]1/C=C/CCCCC[C@H](NC(=O)OC(C)(C)C)C(=O)N1CCC[C@H]1C(=O)N2. The van der Waals surface area contributed by atoms with Crippen LogP contribution in [0.15, 0.2) is 12.2 Å². The fraction of sp³-hybridized carbons (Fsp3) is 0.760. The second kappa shape index (κ2) is 10.8. The first kappa shape index (κ1) is 26.0. The zero-order chi connectivity index (χ0) is 24.9. The number of alkyl carbamates (subject to hydrolysis) is 1. The van der Waals surface area contributed by atoms with Crippen LogP contribution < -0.4 is 10.6 Å². The Labute approximate surface area is 202 Å². The molecule has 1 saturated carbocycles. The molecular weight excluding hydrogens is 438 g/mol. The number of fused-ring (bicyclic) bond motifs is 2. The van der Waals surface area contributed by atoms with Crippen molar-refractivity contribution in [1.82, 2.24) is 15.5 Å². The summed E-state index contributed by atoms with van der Waals surface area (Å²) in [6.45, 7) is 7.71. The first-order valence-electron chi connectivity index (χ1n) is 12.5. The Kier molecular flexibility index (Phi) is 8.25. The predicted octanol–water partition coefficient (Wildman–Crippen LogP) is 2.83. The Hall–Kier alpha value is -2.58. The quantitative estimate of drug-likeness (QED) is 0.477. The van der Waals surface area contributed by atoms with Crippen molar-refractivity contribution < 1.29 is 28.7 Å². The van der Waals surface area contributed by atoms with Crippen LogP contribution in [0.3, 0.4) is 0 Å². The molecular formula is C25H39N3O6. The normalized spacial score (nSPS) is 31.2. The van der Waals surface area contributed by atoms with Gasteiger partial charge in [-0.15, -0.1) is 0 Å². The highest BCUT2D eigenvalue weighted by molar-refractivity contribution is 5.96. The van der Waals surface area contributed by atoms with Crippen LogP contribution in [0.2, 0.25) is 0 Å². The third-order valence-corrected chi connectivity index (χ3v) is 6.56. The minimum absolute atomic E-state index is 0.104. The van der Waals surface area contributed by atoms with Gasteiger partial charge < -0.3 is 25.0 Å². The van der Waals surface area contributed by atoms with Crippen molar-refractivity contribution in [3.63, 3.8) is 0 Å². The van der Waals surface area contributed by atoms with Gasteiger partial charge in [-0.3, -0.25) is 9.59 Å². The highest BCUT2D eigenvalue weighted by Gasteiger charge is 2.62. The van der Waals surface area contributed by atoms with Crippen LogP contribution in [0.4, 0.5) is 4.79 Å². The van der Waals surface area contributed by atoms with Crippen molar-refractivity contribution in [2.24, 2.45) is 5.92 Å². The molecule has 2 N–H and O–H groups in total. The maximum atomic E-state index is 13.5. The van der Waals surface area contributed by atoms with E-state index < -0.39 is 35.3 Å². The molecule has 9 nitrogen and oxygen atoms in total. The fourth-order valence-corrected chi connectivity index (χ4v) is 4.77. The van der Waals surface area contributed by atoms with Crippen molar-refractivity contribution in [3.8, 4) is 0 Å². The van der Waals surface area contributed by atoms with E-state index in [2.05, 4.69) is 16.7 Å². The number of nitrogens with zero attached hydrogens (tertiary/aromatic N) is 1. The van der Waals surface area contributed by atoms with Crippen molar-refractivity contribution in [2.45, 2.75) is 102 Å². The van der Waals surface area contributed by atoms with Gasteiger partial charge in [0.15, 0.2) is 0 Å². The van der Waals surface area contributed by atoms with Gasteiger partial charge in [0.2, 0.25) is 11.8 Å². The molecule has 0 aromatic heterocycles. The molecule has 1 saturated heterocycles. The smallest absolute Gasteiger partial charge is 0.408 e. The van der Waals surface area contributed by atoms with Crippen molar-refractivity contribution >= 4 is 23.9 Å². The maximum Gasteiger partial charge on any atom is 0.408 e. The van der Waals surface area contributed by atoms with Gasteiger partial charge in [-0.05, 0) is 66.2 Å². The van der Waals surface area contributed by atoms with Crippen LogP contribution in [0.5, 0.6) is 0 Å². The van der Waals surface area contributed by atoms with Gasteiger partial charge in [-0.1, -0.05) is 25.0 Å². The zero-order valence-electron chi connectivity index (χ0n) is 20.9. The summed E-state index contributed by atoms with van der Waals surface area (Å²) in [5.74, 6) is -1.16. The fourth-order valence-electron chi connectivity index (χ4n) is 4.77. The van der Waals surface area contributed by atoms with Gasteiger partial charge in [0.25, 0.3) is 0 Å². The molecule has 0 spiro atoms. The monoisotopic (exact) mass is 477 g/mol. The molecule has 2 aliphatic heterocycles.